The summed E-state index contributed by atoms with van der Waals surface area (Å²) in [5.41, 5.74) is 9.77. The van der Waals surface area contributed by atoms with E-state index in [-0.39, 0.29) is 12.0 Å². The number of nitrogens with two attached hydrogens (primary N) is 1. The molecule has 0 amide bonds. The zero-order chi connectivity index (χ0) is 22.1. The van der Waals surface area contributed by atoms with Crippen LogP contribution in [0.3, 0.4) is 0 Å². The molecular formula is C23H32ClN7. The van der Waals surface area contributed by atoms with E-state index in [0.29, 0.717) is 22.9 Å². The molecule has 166 valence electrons. The first kappa shape index (κ1) is 21.8. The maximum absolute atomic E-state index is 6.20. The normalized spacial score (nSPS) is 19.4. The molecule has 0 spiro atoms. The van der Waals surface area contributed by atoms with E-state index in [1.165, 1.54) is 0 Å². The molecule has 0 radical (unpaired) electrons. The van der Waals surface area contributed by atoms with Crippen LogP contribution in [-0.4, -0.2) is 31.8 Å². The summed E-state index contributed by atoms with van der Waals surface area (Å²) >= 11 is 6.20. The zero-order valence-corrected chi connectivity index (χ0v) is 19.4. The van der Waals surface area contributed by atoms with Crippen LogP contribution in [0, 0.1) is 0 Å². The van der Waals surface area contributed by atoms with Crippen molar-refractivity contribution in [1.29, 1.82) is 0 Å². The van der Waals surface area contributed by atoms with Crippen molar-refractivity contribution in [2.75, 3.05) is 10.6 Å². The summed E-state index contributed by atoms with van der Waals surface area (Å²) < 4.78 is 2.24. The molecule has 0 bridgehead atoms. The minimum atomic E-state index is 0.201. The van der Waals surface area contributed by atoms with Gasteiger partial charge in [-0.15, -0.1) is 5.10 Å². The van der Waals surface area contributed by atoms with Crippen LogP contribution >= 0.6 is 11.6 Å². The molecule has 4 rings (SSSR count). The number of hydrogen-bond acceptors (Lipinski definition) is 6. The Morgan fingerprint density at radius 2 is 1.84 bits per heavy atom. The summed E-state index contributed by atoms with van der Waals surface area (Å²) in [7, 11) is 0. The molecule has 1 aromatic rings. The van der Waals surface area contributed by atoms with Gasteiger partial charge in [0.2, 0.25) is 5.95 Å². The molecule has 0 aromatic heterocycles. The van der Waals surface area contributed by atoms with Crippen molar-refractivity contribution in [1.82, 2.24) is 19.7 Å². The Labute approximate surface area is 189 Å². The average molecular weight is 442 g/mol. The molecule has 1 aromatic carbocycles. The van der Waals surface area contributed by atoms with Crippen LogP contribution in [0.15, 0.2) is 24.3 Å². The molecule has 1 saturated carbocycles. The van der Waals surface area contributed by atoms with Crippen molar-refractivity contribution in [3.8, 4) is 11.4 Å². The van der Waals surface area contributed by atoms with Crippen molar-refractivity contribution in [2.24, 2.45) is 5.73 Å². The first-order valence-corrected chi connectivity index (χ1v) is 11.5. The molecule has 0 atom stereocenters. The lowest BCUT2D eigenvalue weighted by atomic mass is 9.92. The molecule has 2 aliphatic heterocycles. The zero-order valence-electron chi connectivity index (χ0n) is 18.7. The standard InChI is InChI=1S/C23H32ClN7/c1-13(2)19-21-20(30-29-19)22(26-18-7-5-6-15(24)12-18)28-23(31(21)14(3)4)27-17-10-8-16(25)9-11-17/h5-7,12-14,16-17,26H,8-11,25H2,1-4H3,(H,27,28). The molecule has 0 saturated heterocycles. The number of aromatic nitrogens is 4. The molecule has 8 heteroatoms. The lowest BCUT2D eigenvalue weighted by Crippen LogP contribution is -2.34. The summed E-state index contributed by atoms with van der Waals surface area (Å²) in [6, 6.07) is 8.49. The van der Waals surface area contributed by atoms with Gasteiger partial charge in [0.15, 0.2) is 11.5 Å². The van der Waals surface area contributed by atoms with Crippen molar-refractivity contribution >= 4 is 29.1 Å². The van der Waals surface area contributed by atoms with E-state index in [1.807, 2.05) is 24.3 Å². The van der Waals surface area contributed by atoms with Crippen LogP contribution in [0.1, 0.15) is 71.0 Å². The van der Waals surface area contributed by atoms with E-state index in [4.69, 9.17) is 22.3 Å². The van der Waals surface area contributed by atoms with Crippen LogP contribution in [0.4, 0.5) is 17.5 Å². The molecule has 3 aliphatic rings. The Bertz CT molecular complexity index is 1010. The van der Waals surface area contributed by atoms with Gasteiger partial charge in [-0.3, -0.25) is 0 Å². The number of anilines is 3. The minimum Gasteiger partial charge on any atom is -0.353 e. The number of rotatable bonds is 6. The second kappa shape index (κ2) is 9.01. The average Bonchev–Trinajstić information content (AvgIpc) is 3.15. The molecular weight excluding hydrogens is 410 g/mol. The van der Waals surface area contributed by atoms with Gasteiger partial charge < -0.3 is 20.9 Å². The number of nitrogens with zero attached hydrogens (tertiary/aromatic N) is 4. The second-order valence-corrected chi connectivity index (χ2v) is 9.51. The lowest BCUT2D eigenvalue weighted by molar-refractivity contribution is 0.407. The van der Waals surface area contributed by atoms with Crippen molar-refractivity contribution in [3.05, 3.63) is 35.0 Å². The van der Waals surface area contributed by atoms with Gasteiger partial charge in [-0.05, 0) is 63.6 Å². The van der Waals surface area contributed by atoms with Gasteiger partial charge in [-0.25, -0.2) is 0 Å². The predicted octanol–water partition coefficient (Wildman–Crippen LogP) is 5.56. The highest BCUT2D eigenvalue weighted by molar-refractivity contribution is 6.30. The number of nitrogens with one attached hydrogen (secondary N) is 2. The fourth-order valence-corrected chi connectivity index (χ4v) is 4.46. The lowest BCUT2D eigenvalue weighted by Gasteiger charge is -2.30. The van der Waals surface area contributed by atoms with E-state index in [2.05, 4.69) is 53.1 Å². The third-order valence-electron chi connectivity index (χ3n) is 5.89. The molecule has 2 heterocycles. The first-order valence-electron chi connectivity index (χ1n) is 11.2. The van der Waals surface area contributed by atoms with Gasteiger partial charge in [0.05, 0.1) is 11.4 Å². The summed E-state index contributed by atoms with van der Waals surface area (Å²) in [5.74, 6) is 1.77. The summed E-state index contributed by atoms with van der Waals surface area (Å²) in [6.45, 7) is 8.64. The SMILES string of the molecule is CC(C)c1nnc2c(Nc3cccc(Cl)c3)nc(NC3CCC(N)CC3)n(C(C)C)c1-2. The van der Waals surface area contributed by atoms with Crippen molar-refractivity contribution < 1.29 is 0 Å². The summed E-state index contributed by atoms with van der Waals surface area (Å²) in [4.78, 5) is 5.00. The fraction of sp³-hybridized carbons (Fsp3) is 0.522. The smallest absolute Gasteiger partial charge is 0.205 e. The highest BCUT2D eigenvalue weighted by Gasteiger charge is 2.29. The van der Waals surface area contributed by atoms with E-state index in [1.54, 1.807) is 0 Å². The van der Waals surface area contributed by atoms with E-state index >= 15 is 0 Å². The Hall–Kier alpha value is -2.38. The quantitative estimate of drug-likeness (QED) is 0.463. The van der Waals surface area contributed by atoms with Crippen LogP contribution in [0.2, 0.25) is 5.02 Å². The Kier molecular flexibility index (Phi) is 6.34. The predicted molar refractivity (Wildman–Crippen MR) is 128 cm³/mol. The minimum absolute atomic E-state index is 0.201. The number of halogens is 1. The molecule has 1 aliphatic carbocycles. The van der Waals surface area contributed by atoms with Gasteiger partial charge in [0.25, 0.3) is 0 Å². The molecule has 4 N–H and O–H groups in total. The summed E-state index contributed by atoms with van der Waals surface area (Å²) in [6.07, 6.45) is 4.16. The number of hydrogen-bond donors (Lipinski definition) is 3. The Balaban J connectivity index is 1.81. The van der Waals surface area contributed by atoms with Crippen LogP contribution in [-0.2, 0) is 0 Å². The molecule has 1 fully saturated rings. The van der Waals surface area contributed by atoms with Crippen LogP contribution in [0.25, 0.3) is 11.4 Å². The van der Waals surface area contributed by atoms with Gasteiger partial charge in [-0.2, -0.15) is 10.1 Å². The van der Waals surface area contributed by atoms with E-state index in [9.17, 15) is 0 Å². The first-order chi connectivity index (χ1) is 14.8. The van der Waals surface area contributed by atoms with E-state index in [0.717, 1.165) is 54.4 Å². The van der Waals surface area contributed by atoms with Gasteiger partial charge in [0, 0.05) is 28.8 Å². The molecule has 31 heavy (non-hydrogen) atoms. The summed E-state index contributed by atoms with van der Waals surface area (Å²) in [5, 5.41) is 16.9. The Morgan fingerprint density at radius 3 is 2.48 bits per heavy atom. The Morgan fingerprint density at radius 1 is 1.10 bits per heavy atom. The number of benzene rings is 1. The fourth-order valence-electron chi connectivity index (χ4n) is 4.27. The highest BCUT2D eigenvalue weighted by Crippen LogP contribution is 2.39. The van der Waals surface area contributed by atoms with Crippen molar-refractivity contribution in [2.45, 2.75) is 77.4 Å². The topological polar surface area (TPSA) is 93.7 Å². The third-order valence-corrected chi connectivity index (χ3v) is 6.13. The van der Waals surface area contributed by atoms with E-state index < -0.39 is 0 Å². The third kappa shape index (κ3) is 4.62. The highest BCUT2D eigenvalue weighted by atomic mass is 35.5. The largest absolute Gasteiger partial charge is 0.353 e. The van der Waals surface area contributed by atoms with Crippen LogP contribution < -0.4 is 16.4 Å². The maximum Gasteiger partial charge on any atom is 0.205 e. The van der Waals surface area contributed by atoms with Gasteiger partial charge in [0.1, 0.15) is 0 Å². The monoisotopic (exact) mass is 441 g/mol. The molecule has 0 unspecified atom stereocenters. The van der Waals surface area contributed by atoms with Gasteiger partial charge in [-0.1, -0.05) is 31.5 Å². The maximum atomic E-state index is 6.20. The van der Waals surface area contributed by atoms with Gasteiger partial charge >= 0.3 is 0 Å². The molecule has 7 nitrogen and oxygen atoms in total. The van der Waals surface area contributed by atoms with Crippen molar-refractivity contribution in [3.63, 3.8) is 0 Å². The second-order valence-electron chi connectivity index (χ2n) is 9.08. The number of fused-ring (bicyclic) bond motifs is 1. The van der Waals surface area contributed by atoms with Crippen LogP contribution in [0.5, 0.6) is 0 Å².